The number of pyridine rings is 1. The molecule has 2 aromatic heterocycles. The topological polar surface area (TPSA) is 74.6 Å². The van der Waals surface area contributed by atoms with Gasteiger partial charge in [-0.1, -0.05) is 11.6 Å². The molecule has 0 amide bonds. The van der Waals surface area contributed by atoms with Crippen LogP contribution in [-0.2, 0) is 0 Å². The zero-order chi connectivity index (χ0) is 21.6. The molecule has 168 valence electrons. The van der Waals surface area contributed by atoms with Crippen molar-refractivity contribution >= 4 is 28.3 Å². The second-order valence-corrected chi connectivity index (χ2v) is 9.27. The number of aliphatic hydroxyl groups is 1. The van der Waals surface area contributed by atoms with Crippen LogP contribution in [0, 0.1) is 5.82 Å². The predicted octanol–water partition coefficient (Wildman–Crippen LogP) is 3.12. The standard InChI is InChI=1S/C21H26ClF2N5O2/c22-18-16(24)17-15(9-25-18)19(28-6-2-1-4-14(30)11-28)27-20(26-17)31-12-21-5-3-7-29(21)10-13(23)8-21/h9,13-14,30H,1-8,10-12H2/t13-,14?,21?/m1/s1. The van der Waals surface area contributed by atoms with E-state index in [0.29, 0.717) is 43.7 Å². The zero-order valence-electron chi connectivity index (χ0n) is 17.2. The molecule has 10 heteroatoms. The molecule has 2 unspecified atom stereocenters. The largest absolute Gasteiger partial charge is 0.461 e. The van der Waals surface area contributed by atoms with Gasteiger partial charge in [0.05, 0.1) is 17.0 Å². The maximum absolute atomic E-state index is 14.8. The molecule has 2 aromatic rings. The van der Waals surface area contributed by atoms with E-state index < -0.39 is 18.1 Å². The lowest BCUT2D eigenvalue weighted by molar-refractivity contribution is 0.107. The van der Waals surface area contributed by atoms with Crippen LogP contribution in [0.15, 0.2) is 6.20 Å². The minimum Gasteiger partial charge on any atom is -0.461 e. The molecule has 0 saturated carbocycles. The number of aliphatic hydroxyl groups excluding tert-OH is 1. The van der Waals surface area contributed by atoms with E-state index in [2.05, 4.69) is 19.9 Å². The van der Waals surface area contributed by atoms with Crippen molar-refractivity contribution in [1.29, 1.82) is 0 Å². The van der Waals surface area contributed by atoms with Crippen molar-refractivity contribution in [2.45, 2.75) is 56.3 Å². The first-order chi connectivity index (χ1) is 14.9. The van der Waals surface area contributed by atoms with Crippen molar-refractivity contribution in [2.75, 3.05) is 37.7 Å². The van der Waals surface area contributed by atoms with E-state index in [1.165, 1.54) is 6.20 Å². The molecule has 0 radical (unpaired) electrons. The summed E-state index contributed by atoms with van der Waals surface area (Å²) < 4.78 is 34.9. The van der Waals surface area contributed by atoms with E-state index >= 15 is 0 Å². The van der Waals surface area contributed by atoms with Gasteiger partial charge in [0, 0.05) is 32.3 Å². The van der Waals surface area contributed by atoms with Crippen molar-refractivity contribution in [1.82, 2.24) is 19.9 Å². The Kier molecular flexibility index (Phi) is 5.60. The minimum atomic E-state index is -0.863. The quantitative estimate of drug-likeness (QED) is 0.713. The van der Waals surface area contributed by atoms with E-state index in [4.69, 9.17) is 16.3 Å². The zero-order valence-corrected chi connectivity index (χ0v) is 18.0. The summed E-state index contributed by atoms with van der Waals surface area (Å²) in [7, 11) is 0. The number of aromatic nitrogens is 3. The van der Waals surface area contributed by atoms with Gasteiger partial charge in [0.15, 0.2) is 11.0 Å². The summed E-state index contributed by atoms with van der Waals surface area (Å²) in [5.74, 6) is -0.257. The molecule has 7 nitrogen and oxygen atoms in total. The van der Waals surface area contributed by atoms with Gasteiger partial charge in [-0.05, 0) is 38.6 Å². The van der Waals surface area contributed by atoms with Gasteiger partial charge in [-0.25, -0.2) is 13.8 Å². The van der Waals surface area contributed by atoms with Crippen LogP contribution < -0.4 is 9.64 Å². The van der Waals surface area contributed by atoms with Crippen LogP contribution in [0.4, 0.5) is 14.6 Å². The normalized spacial score (nSPS) is 29.4. The molecule has 3 aliphatic rings. The van der Waals surface area contributed by atoms with Gasteiger partial charge in [-0.15, -0.1) is 0 Å². The summed E-state index contributed by atoms with van der Waals surface area (Å²) in [6, 6.07) is 0.0333. The third-order valence-corrected chi connectivity index (χ3v) is 7.04. The fourth-order valence-electron chi connectivity index (χ4n) is 5.26. The smallest absolute Gasteiger partial charge is 0.319 e. The Bertz CT molecular complexity index is 982. The fourth-order valence-corrected chi connectivity index (χ4v) is 5.40. The maximum atomic E-state index is 14.8. The Hall–Kier alpha value is -1.84. The number of fused-ring (bicyclic) bond motifs is 2. The van der Waals surface area contributed by atoms with Crippen molar-refractivity contribution in [3.63, 3.8) is 0 Å². The highest BCUT2D eigenvalue weighted by Crippen LogP contribution is 2.40. The van der Waals surface area contributed by atoms with E-state index in [-0.39, 0.29) is 28.8 Å². The number of rotatable bonds is 4. The summed E-state index contributed by atoms with van der Waals surface area (Å²) >= 11 is 5.91. The molecule has 31 heavy (non-hydrogen) atoms. The van der Waals surface area contributed by atoms with Gasteiger partial charge in [0.1, 0.15) is 24.1 Å². The minimum absolute atomic E-state index is 0.0333. The van der Waals surface area contributed by atoms with Crippen molar-refractivity contribution in [3.05, 3.63) is 17.2 Å². The number of nitrogens with zero attached hydrogens (tertiary/aromatic N) is 5. The lowest BCUT2D eigenvalue weighted by Gasteiger charge is -2.31. The van der Waals surface area contributed by atoms with E-state index in [1.807, 2.05) is 4.90 Å². The number of hydrogen-bond donors (Lipinski definition) is 1. The van der Waals surface area contributed by atoms with Crippen molar-refractivity contribution < 1.29 is 18.6 Å². The fraction of sp³-hybridized carbons (Fsp3) is 0.667. The lowest BCUT2D eigenvalue weighted by Crippen LogP contribution is -2.43. The van der Waals surface area contributed by atoms with Crippen LogP contribution in [0.5, 0.6) is 6.01 Å². The number of alkyl halides is 1. The van der Waals surface area contributed by atoms with Gasteiger partial charge in [-0.3, -0.25) is 4.90 Å². The molecule has 3 aliphatic heterocycles. The molecule has 3 saturated heterocycles. The van der Waals surface area contributed by atoms with Crippen LogP contribution in [-0.4, -0.2) is 75.6 Å². The highest BCUT2D eigenvalue weighted by atomic mass is 35.5. The number of hydrogen-bond acceptors (Lipinski definition) is 7. The van der Waals surface area contributed by atoms with Crippen molar-refractivity contribution in [3.8, 4) is 6.01 Å². The SMILES string of the molecule is OC1CCCCN(c2nc(OCC34CCCN3C[C@H](F)C4)nc3c(F)c(Cl)ncc23)C1. The molecule has 5 heterocycles. The second-order valence-electron chi connectivity index (χ2n) is 8.91. The van der Waals surface area contributed by atoms with Crippen LogP contribution in [0.25, 0.3) is 10.9 Å². The maximum Gasteiger partial charge on any atom is 0.319 e. The summed E-state index contributed by atoms with van der Waals surface area (Å²) in [6.07, 6.45) is 4.89. The third-order valence-electron chi connectivity index (χ3n) is 6.78. The first-order valence-corrected chi connectivity index (χ1v) is 11.3. The van der Waals surface area contributed by atoms with Gasteiger partial charge in [0.25, 0.3) is 0 Å². The van der Waals surface area contributed by atoms with E-state index in [1.54, 1.807) is 0 Å². The molecule has 0 aromatic carbocycles. The molecular weight excluding hydrogens is 428 g/mol. The van der Waals surface area contributed by atoms with Crippen LogP contribution in [0.1, 0.15) is 38.5 Å². The third kappa shape index (κ3) is 3.91. The molecule has 0 aliphatic carbocycles. The molecule has 3 atom stereocenters. The number of ether oxygens (including phenoxy) is 1. The van der Waals surface area contributed by atoms with Crippen molar-refractivity contribution in [2.24, 2.45) is 0 Å². The van der Waals surface area contributed by atoms with Crippen LogP contribution in [0.2, 0.25) is 5.15 Å². The van der Waals surface area contributed by atoms with Gasteiger partial charge in [0.2, 0.25) is 0 Å². The molecule has 0 bridgehead atoms. The van der Waals surface area contributed by atoms with Gasteiger partial charge in [-0.2, -0.15) is 9.97 Å². The highest BCUT2D eigenvalue weighted by Gasteiger charge is 2.49. The average molecular weight is 454 g/mol. The second kappa shape index (κ2) is 8.26. The Morgan fingerprint density at radius 2 is 2.10 bits per heavy atom. The lowest BCUT2D eigenvalue weighted by atomic mass is 9.95. The molecular formula is C21H26ClF2N5O2. The van der Waals surface area contributed by atoms with E-state index in [9.17, 15) is 13.9 Å². The average Bonchev–Trinajstić information content (AvgIpc) is 3.17. The highest BCUT2D eigenvalue weighted by molar-refractivity contribution is 6.30. The van der Waals surface area contributed by atoms with Crippen LogP contribution >= 0.6 is 11.6 Å². The van der Waals surface area contributed by atoms with Gasteiger partial charge >= 0.3 is 6.01 Å². The number of anilines is 1. The predicted molar refractivity (Wildman–Crippen MR) is 113 cm³/mol. The van der Waals surface area contributed by atoms with Gasteiger partial charge < -0.3 is 14.7 Å². The van der Waals surface area contributed by atoms with E-state index in [0.717, 1.165) is 32.2 Å². The van der Waals surface area contributed by atoms with Crippen LogP contribution in [0.3, 0.4) is 0 Å². The molecule has 3 fully saturated rings. The number of β-amino-alcohol motifs (C(OH)–C–C–N with tert-alkyl or cyclic N) is 1. The molecule has 0 spiro atoms. The summed E-state index contributed by atoms with van der Waals surface area (Å²) in [5, 5.41) is 10.4. The summed E-state index contributed by atoms with van der Waals surface area (Å²) in [6.45, 7) is 2.59. The first kappa shape index (κ1) is 21.0. The number of halogens is 3. The Morgan fingerprint density at radius 3 is 2.97 bits per heavy atom. The molecule has 5 rings (SSSR count). The summed E-state index contributed by atoms with van der Waals surface area (Å²) in [4.78, 5) is 16.9. The Morgan fingerprint density at radius 1 is 1.23 bits per heavy atom. The Labute approximate surface area is 184 Å². The summed E-state index contributed by atoms with van der Waals surface area (Å²) in [5.41, 5.74) is -0.320. The Balaban J connectivity index is 1.50. The first-order valence-electron chi connectivity index (χ1n) is 10.9. The molecule has 1 N–H and O–H groups in total. The monoisotopic (exact) mass is 453 g/mol.